The van der Waals surface area contributed by atoms with E-state index in [0.29, 0.717) is 22.9 Å². The number of ether oxygens (including phenoxy) is 1. The number of fused-ring (bicyclic) bond motifs is 4. The van der Waals surface area contributed by atoms with Crippen LogP contribution >= 0.6 is 0 Å². The minimum absolute atomic E-state index is 0.0233. The van der Waals surface area contributed by atoms with Crippen molar-refractivity contribution in [3.05, 3.63) is 217 Å². The fourth-order valence-corrected chi connectivity index (χ4v) is 8.46. The van der Waals surface area contributed by atoms with E-state index in [1.165, 1.54) is 22.8 Å². The minimum atomic E-state index is -2.73. The Hall–Kier alpha value is -8.11. The van der Waals surface area contributed by atoms with E-state index in [1.54, 1.807) is 47.0 Å². The standard InChI is InChI=1S/C59H46N4O/c1-40-17-14-28-54-57(40)62(58-49(42-20-10-6-11-21-42)26-16-27-50(58)43-22-12-7-13-23-43)39-61(54)46-24-15-25-47(37-46)64-48-30-31-51-52-35-44(41-18-8-5-9-19-41)29-32-53(52)63(55(51)38-48)56-36-45(33-34-60-56)59(2,3)4/h5-38H,1-4H3/q+2/i1D3,6D,7D,10D,11D,12D,20D,21D,22D,23D. The molecule has 0 saturated heterocycles. The highest BCUT2D eigenvalue weighted by Gasteiger charge is 2.40. The Balaban J connectivity index is 1.12. The molecule has 3 heterocycles. The first kappa shape index (κ1) is 27.8. The van der Waals surface area contributed by atoms with Gasteiger partial charge in [0.1, 0.15) is 17.3 Å². The Morgan fingerprint density at radius 3 is 2.16 bits per heavy atom. The van der Waals surface area contributed by atoms with E-state index in [4.69, 9.17) is 26.2 Å². The van der Waals surface area contributed by atoms with Crippen molar-refractivity contribution in [3.8, 4) is 50.7 Å². The number of hydrogen-bond acceptors (Lipinski definition) is 2. The molecule has 0 bridgehead atoms. The minimum Gasteiger partial charge on any atom is -0.457 e. The molecule has 0 aliphatic carbocycles. The second-order valence-corrected chi connectivity index (χ2v) is 16.6. The van der Waals surface area contributed by atoms with Crippen LogP contribution in [0.3, 0.4) is 0 Å². The summed E-state index contributed by atoms with van der Waals surface area (Å²) in [5, 5.41) is 2.03. The van der Waals surface area contributed by atoms with Crippen molar-refractivity contribution >= 4 is 50.6 Å². The maximum atomic E-state index is 9.08. The Labute approximate surface area is 390 Å². The molecule has 1 aliphatic rings. The van der Waals surface area contributed by atoms with E-state index in [0.717, 1.165) is 50.4 Å². The number of nitrogens with zero attached hydrogens (tertiary/aromatic N) is 4. The Morgan fingerprint density at radius 2 is 1.34 bits per heavy atom. The summed E-state index contributed by atoms with van der Waals surface area (Å²) in [5.74, 6) is 1.69. The maximum absolute atomic E-state index is 9.08. The summed E-state index contributed by atoms with van der Waals surface area (Å²) >= 11 is 0. The average molecular weight is 839 g/mol. The van der Waals surface area contributed by atoms with Crippen LogP contribution in [0.2, 0.25) is 0 Å². The van der Waals surface area contributed by atoms with Crippen molar-refractivity contribution in [2.24, 2.45) is 0 Å². The van der Waals surface area contributed by atoms with Gasteiger partial charge in [0.25, 0.3) is 5.69 Å². The van der Waals surface area contributed by atoms with Gasteiger partial charge in [-0.15, -0.1) is 0 Å². The number of aromatic nitrogens is 2. The highest BCUT2D eigenvalue weighted by atomic mass is 16.5. The summed E-state index contributed by atoms with van der Waals surface area (Å²) in [7, 11) is 0. The molecule has 11 rings (SSSR count). The summed E-state index contributed by atoms with van der Waals surface area (Å²) < 4.78 is 117. The van der Waals surface area contributed by atoms with Crippen LogP contribution < -0.4 is 13.9 Å². The molecule has 10 aromatic rings. The number of para-hydroxylation sites is 2. The molecule has 0 N–H and O–H groups in total. The van der Waals surface area contributed by atoms with Gasteiger partial charge in [-0.05, 0) is 104 Å². The zero-order valence-electron chi connectivity index (χ0n) is 47.1. The summed E-state index contributed by atoms with van der Waals surface area (Å²) in [6, 6.07) is 43.2. The zero-order chi connectivity index (χ0) is 53.7. The van der Waals surface area contributed by atoms with Crippen molar-refractivity contribution in [1.82, 2.24) is 18.7 Å². The smallest absolute Gasteiger partial charge is 0.457 e. The van der Waals surface area contributed by atoms with Crippen LogP contribution in [-0.4, -0.2) is 15.6 Å². The summed E-state index contributed by atoms with van der Waals surface area (Å²) in [6.07, 6.45) is 1.84. The van der Waals surface area contributed by atoms with Gasteiger partial charge in [-0.3, -0.25) is 4.57 Å². The molecule has 0 unspecified atom stereocenters. The van der Waals surface area contributed by atoms with Crippen molar-refractivity contribution in [2.45, 2.75) is 33.0 Å². The molecule has 0 atom stereocenters. The Bertz CT molecular complexity index is 4130. The first-order chi connectivity index (χ1) is 36.2. The van der Waals surface area contributed by atoms with Crippen molar-refractivity contribution in [2.75, 3.05) is 0 Å². The molecule has 64 heavy (non-hydrogen) atoms. The quantitative estimate of drug-likeness (QED) is 0.143. The van der Waals surface area contributed by atoms with E-state index in [1.807, 2.05) is 48.7 Å². The molecule has 1 aliphatic heterocycles. The molecule has 0 spiro atoms. The molecule has 0 radical (unpaired) electrons. The first-order valence-electron chi connectivity index (χ1n) is 26.9. The van der Waals surface area contributed by atoms with Crippen molar-refractivity contribution < 1.29 is 21.2 Å². The number of hydrogen-bond donors (Lipinski definition) is 0. The van der Waals surface area contributed by atoms with E-state index >= 15 is 0 Å². The predicted octanol–water partition coefficient (Wildman–Crippen LogP) is 15.4. The fourth-order valence-electron chi connectivity index (χ4n) is 8.46. The van der Waals surface area contributed by atoms with Crippen LogP contribution in [0, 0.1) is 6.85 Å². The lowest BCUT2D eigenvalue weighted by Gasteiger charge is -2.20. The Kier molecular flexibility index (Phi) is 6.79. The predicted molar refractivity (Wildman–Crippen MR) is 266 cm³/mol. The molecule has 306 valence electrons. The largest absolute Gasteiger partial charge is 0.503 e. The molecular weight excluding hydrogens is 781 g/mol. The average Bonchev–Trinajstić information content (AvgIpc) is 3.95. The second kappa shape index (κ2) is 15.7. The third-order valence-electron chi connectivity index (χ3n) is 11.5. The van der Waals surface area contributed by atoms with Crippen LogP contribution in [0.4, 0.5) is 22.7 Å². The molecule has 0 amide bonds. The third kappa shape index (κ3) is 6.89. The van der Waals surface area contributed by atoms with Crippen LogP contribution in [0.1, 0.15) is 48.3 Å². The van der Waals surface area contributed by atoms with Gasteiger partial charge in [-0.1, -0.05) is 142 Å². The summed E-state index contributed by atoms with van der Waals surface area (Å²) in [4.78, 5) is 4.89. The molecule has 0 fully saturated rings. The summed E-state index contributed by atoms with van der Waals surface area (Å²) in [5.41, 5.74) is 5.63. The SMILES string of the molecule is [2H]c1cc([2H])c(-c2cccc(-c3c([2H])c([2H])c([2H])c([2H])c3[2H])c2[N+]2=C=[N+](c3cccc(Oc4ccc5c6cc(-c7ccccc7)ccc6n(-c6cc(C(C)(C)C)ccn6)c5c4)c3)c3cccc(C([2H])([2H])[2H])c32)c([2H])c1[2H]. The van der Waals surface area contributed by atoms with Gasteiger partial charge in [0.05, 0.1) is 40.6 Å². The lowest BCUT2D eigenvalue weighted by molar-refractivity contribution is 0.483. The van der Waals surface area contributed by atoms with Crippen LogP contribution in [-0.2, 0) is 5.41 Å². The number of pyridine rings is 1. The Morgan fingerprint density at radius 1 is 0.578 bits per heavy atom. The lowest BCUT2D eigenvalue weighted by Crippen LogP contribution is -2.12. The number of rotatable bonds is 8. The monoisotopic (exact) mass is 838 g/mol. The molecule has 8 aromatic carbocycles. The molecule has 5 heteroatoms. The third-order valence-corrected chi connectivity index (χ3v) is 11.5. The van der Waals surface area contributed by atoms with Gasteiger partial charge in [0.15, 0.2) is 0 Å². The lowest BCUT2D eigenvalue weighted by atomic mass is 9.88. The number of aryl methyl sites for hydroxylation is 1. The van der Waals surface area contributed by atoms with Gasteiger partial charge < -0.3 is 4.74 Å². The second-order valence-electron chi connectivity index (χ2n) is 16.6. The van der Waals surface area contributed by atoms with Crippen molar-refractivity contribution in [1.29, 1.82) is 0 Å². The molecule has 0 saturated carbocycles. The van der Waals surface area contributed by atoms with E-state index in [-0.39, 0.29) is 56.7 Å². The van der Waals surface area contributed by atoms with Gasteiger partial charge in [-0.25, -0.2) is 4.98 Å². The van der Waals surface area contributed by atoms with Gasteiger partial charge >= 0.3 is 11.7 Å². The van der Waals surface area contributed by atoms with Crippen LogP contribution in [0.25, 0.3) is 61.0 Å². The van der Waals surface area contributed by atoms with Gasteiger partial charge in [0, 0.05) is 44.8 Å². The molecule has 2 aromatic heterocycles. The molecule has 5 nitrogen and oxygen atoms in total. The maximum Gasteiger partial charge on any atom is 0.503 e. The highest BCUT2D eigenvalue weighted by Crippen LogP contribution is 2.46. The van der Waals surface area contributed by atoms with Crippen LogP contribution in [0.15, 0.2) is 206 Å². The number of benzene rings is 8. The zero-order valence-corrected chi connectivity index (χ0v) is 35.1. The van der Waals surface area contributed by atoms with Crippen molar-refractivity contribution in [3.63, 3.8) is 0 Å². The first-order valence-corrected chi connectivity index (χ1v) is 20.9. The summed E-state index contributed by atoms with van der Waals surface area (Å²) in [6.45, 7) is 3.78. The topological polar surface area (TPSA) is 33.1 Å². The highest BCUT2D eigenvalue weighted by molar-refractivity contribution is 6.10. The van der Waals surface area contributed by atoms with Gasteiger partial charge in [0.2, 0.25) is 11.4 Å². The van der Waals surface area contributed by atoms with Crippen LogP contribution in [0.5, 0.6) is 11.5 Å². The fraction of sp³-hybridized carbons (Fsp3) is 0.0847. The van der Waals surface area contributed by atoms with E-state index < -0.39 is 49.1 Å². The van der Waals surface area contributed by atoms with Gasteiger partial charge in [-0.2, -0.15) is 0 Å². The van der Waals surface area contributed by atoms with E-state index in [2.05, 4.69) is 67.7 Å². The normalized spacial score (nSPS) is 15.2. The van der Waals surface area contributed by atoms with E-state index in [9.17, 15) is 0 Å². The molecular formula is C59H46N4O+2.